The van der Waals surface area contributed by atoms with Crippen molar-refractivity contribution in [2.45, 2.75) is 31.7 Å². The third-order valence-corrected chi connectivity index (χ3v) is 6.22. The molecule has 1 atom stereocenters. The van der Waals surface area contributed by atoms with Crippen LogP contribution in [0.3, 0.4) is 0 Å². The summed E-state index contributed by atoms with van der Waals surface area (Å²) in [6, 6.07) is 10.7. The van der Waals surface area contributed by atoms with Crippen LogP contribution in [0.4, 0.5) is 5.69 Å². The average Bonchev–Trinajstić information content (AvgIpc) is 3.16. The van der Waals surface area contributed by atoms with Crippen LogP contribution in [0, 0.1) is 5.92 Å². The zero-order valence-electron chi connectivity index (χ0n) is 16.2. The molecule has 3 aromatic rings. The van der Waals surface area contributed by atoms with Crippen molar-refractivity contribution in [3.8, 4) is 5.75 Å². The van der Waals surface area contributed by atoms with Crippen molar-refractivity contribution in [2.24, 2.45) is 5.92 Å². The van der Waals surface area contributed by atoms with E-state index < -0.39 is 22.0 Å². The van der Waals surface area contributed by atoms with Gasteiger partial charge in [0.05, 0.1) is 18.3 Å². The highest BCUT2D eigenvalue weighted by molar-refractivity contribution is 7.89. The van der Waals surface area contributed by atoms with Gasteiger partial charge in [0.1, 0.15) is 27.7 Å². The highest BCUT2D eigenvalue weighted by Crippen LogP contribution is 2.22. The highest BCUT2D eigenvalue weighted by atomic mass is 32.2. The lowest BCUT2D eigenvalue weighted by atomic mass is 10.0. The first kappa shape index (κ1) is 21.2. The fourth-order valence-electron chi connectivity index (χ4n) is 2.74. The van der Waals surface area contributed by atoms with Gasteiger partial charge in [0.25, 0.3) is 0 Å². The van der Waals surface area contributed by atoms with E-state index in [9.17, 15) is 13.2 Å². The zero-order chi connectivity index (χ0) is 21.0. The summed E-state index contributed by atoms with van der Waals surface area (Å²) in [7, 11) is -3.98. The molecular formula is C19H22N4O4S2. The lowest BCUT2D eigenvalue weighted by Crippen LogP contribution is -2.47. The molecule has 2 aromatic carbocycles. The summed E-state index contributed by atoms with van der Waals surface area (Å²) in [4.78, 5) is 12.8. The Bertz CT molecular complexity index is 1090. The maximum atomic E-state index is 13.0. The Balaban J connectivity index is 1.80. The average molecular weight is 435 g/mol. The van der Waals surface area contributed by atoms with Gasteiger partial charge in [-0.15, -0.1) is 0 Å². The molecule has 8 nitrogen and oxygen atoms in total. The summed E-state index contributed by atoms with van der Waals surface area (Å²) in [5.41, 5.74) is 1.34. The molecule has 0 spiro atoms. The fourth-order valence-corrected chi connectivity index (χ4v) is 4.85. The summed E-state index contributed by atoms with van der Waals surface area (Å²) in [6.07, 6.45) is 0. The molecule has 0 bridgehead atoms. The highest BCUT2D eigenvalue weighted by Gasteiger charge is 2.30. The van der Waals surface area contributed by atoms with Gasteiger partial charge in [-0.05, 0) is 49.2 Å². The predicted octanol–water partition coefficient (Wildman–Crippen LogP) is 3.03. The Morgan fingerprint density at radius 2 is 1.86 bits per heavy atom. The molecule has 0 radical (unpaired) electrons. The van der Waals surface area contributed by atoms with Crippen LogP contribution in [-0.2, 0) is 14.8 Å². The lowest BCUT2D eigenvalue weighted by molar-refractivity contribution is -0.118. The third-order valence-electron chi connectivity index (χ3n) is 4.20. The van der Waals surface area contributed by atoms with Gasteiger partial charge in [0.15, 0.2) is 0 Å². The third kappa shape index (κ3) is 4.89. The second-order valence-electron chi connectivity index (χ2n) is 6.68. The minimum atomic E-state index is -3.98. The van der Waals surface area contributed by atoms with Crippen molar-refractivity contribution >= 4 is 44.4 Å². The standard InChI is InChI=1S/C19H22N4O4S2/c1-4-27-14-10-8-13(9-11-14)20-19(24)17(12(2)3)23-29(25,26)16-7-5-6-15-18(16)22-28-21-15/h5-12,17,23H,4H2,1-3H3,(H,20,24). The summed E-state index contributed by atoms with van der Waals surface area (Å²) < 4.78 is 42.0. The van der Waals surface area contributed by atoms with Crippen LogP contribution in [0.2, 0.25) is 0 Å². The van der Waals surface area contributed by atoms with E-state index in [1.807, 2.05) is 6.92 Å². The van der Waals surface area contributed by atoms with Crippen molar-refractivity contribution in [1.29, 1.82) is 0 Å². The Kier molecular flexibility index (Phi) is 6.46. The number of fused-ring (bicyclic) bond motifs is 1. The number of nitrogens with zero attached hydrogens (tertiary/aromatic N) is 2. The van der Waals surface area contributed by atoms with E-state index in [0.29, 0.717) is 29.1 Å². The topological polar surface area (TPSA) is 110 Å². The van der Waals surface area contributed by atoms with Crippen LogP contribution in [0.1, 0.15) is 20.8 Å². The molecule has 1 heterocycles. The summed E-state index contributed by atoms with van der Waals surface area (Å²) in [5.74, 6) is -0.0341. The number of hydrogen-bond acceptors (Lipinski definition) is 7. The SMILES string of the molecule is CCOc1ccc(NC(=O)C(NS(=O)(=O)c2cccc3nsnc23)C(C)C)cc1. The van der Waals surface area contributed by atoms with E-state index in [1.54, 1.807) is 50.2 Å². The number of benzene rings is 2. The van der Waals surface area contributed by atoms with Crippen LogP contribution in [-0.4, -0.2) is 35.7 Å². The van der Waals surface area contributed by atoms with E-state index in [4.69, 9.17) is 4.74 Å². The number of carbonyl (C=O) groups is 1. The molecule has 0 fully saturated rings. The van der Waals surface area contributed by atoms with Gasteiger partial charge in [-0.3, -0.25) is 4.79 Å². The van der Waals surface area contributed by atoms with Gasteiger partial charge < -0.3 is 10.1 Å². The summed E-state index contributed by atoms with van der Waals surface area (Å²) in [5, 5.41) is 2.75. The molecule has 1 unspecified atom stereocenters. The first-order valence-corrected chi connectivity index (χ1v) is 11.3. The van der Waals surface area contributed by atoms with Crippen LogP contribution in [0.25, 0.3) is 11.0 Å². The van der Waals surface area contributed by atoms with E-state index in [2.05, 4.69) is 18.8 Å². The maximum Gasteiger partial charge on any atom is 0.243 e. The number of rotatable bonds is 8. The lowest BCUT2D eigenvalue weighted by Gasteiger charge is -2.21. The molecule has 1 amide bonds. The Morgan fingerprint density at radius 1 is 1.14 bits per heavy atom. The predicted molar refractivity (Wildman–Crippen MR) is 113 cm³/mol. The minimum Gasteiger partial charge on any atom is -0.494 e. The molecule has 0 aliphatic carbocycles. The van der Waals surface area contributed by atoms with Crippen LogP contribution >= 0.6 is 11.7 Å². The van der Waals surface area contributed by atoms with Crippen molar-refractivity contribution < 1.29 is 17.9 Å². The first-order chi connectivity index (χ1) is 13.8. The van der Waals surface area contributed by atoms with Crippen molar-refractivity contribution in [1.82, 2.24) is 13.5 Å². The summed E-state index contributed by atoms with van der Waals surface area (Å²) >= 11 is 0.939. The van der Waals surface area contributed by atoms with E-state index in [-0.39, 0.29) is 10.8 Å². The number of anilines is 1. The Morgan fingerprint density at radius 3 is 2.52 bits per heavy atom. The molecule has 10 heteroatoms. The van der Waals surface area contributed by atoms with Crippen LogP contribution < -0.4 is 14.8 Å². The van der Waals surface area contributed by atoms with Crippen molar-refractivity contribution in [3.05, 3.63) is 42.5 Å². The van der Waals surface area contributed by atoms with Crippen molar-refractivity contribution in [3.63, 3.8) is 0 Å². The van der Waals surface area contributed by atoms with Gasteiger partial charge in [-0.1, -0.05) is 19.9 Å². The number of nitrogens with one attached hydrogen (secondary N) is 2. The smallest absolute Gasteiger partial charge is 0.243 e. The molecule has 0 aliphatic heterocycles. The molecule has 2 N–H and O–H groups in total. The molecule has 154 valence electrons. The molecule has 0 saturated heterocycles. The molecule has 29 heavy (non-hydrogen) atoms. The Hall–Kier alpha value is -2.56. The first-order valence-electron chi connectivity index (χ1n) is 9.09. The number of ether oxygens (including phenoxy) is 1. The van der Waals surface area contributed by atoms with Gasteiger partial charge in [-0.25, -0.2) is 8.42 Å². The molecule has 1 aromatic heterocycles. The molecular weight excluding hydrogens is 412 g/mol. The minimum absolute atomic E-state index is 0.00303. The number of amides is 1. The monoisotopic (exact) mass is 434 g/mol. The number of aromatic nitrogens is 2. The van der Waals surface area contributed by atoms with Gasteiger partial charge >= 0.3 is 0 Å². The van der Waals surface area contributed by atoms with E-state index in [0.717, 1.165) is 11.7 Å². The quantitative estimate of drug-likeness (QED) is 0.564. The fraction of sp³-hybridized carbons (Fsp3) is 0.316. The molecule has 0 aliphatic rings. The van der Waals surface area contributed by atoms with Crippen LogP contribution in [0.5, 0.6) is 5.75 Å². The van der Waals surface area contributed by atoms with E-state index in [1.165, 1.54) is 6.07 Å². The largest absolute Gasteiger partial charge is 0.494 e. The Labute approximate surface area is 173 Å². The number of hydrogen-bond donors (Lipinski definition) is 2. The second kappa shape index (κ2) is 8.85. The summed E-state index contributed by atoms with van der Waals surface area (Å²) in [6.45, 7) is 5.98. The second-order valence-corrected chi connectivity index (χ2v) is 8.89. The van der Waals surface area contributed by atoms with E-state index >= 15 is 0 Å². The number of carbonyl (C=O) groups excluding carboxylic acids is 1. The zero-order valence-corrected chi connectivity index (χ0v) is 17.9. The normalized spacial score (nSPS) is 12.8. The molecule has 0 saturated carbocycles. The van der Waals surface area contributed by atoms with Gasteiger partial charge in [0, 0.05) is 5.69 Å². The van der Waals surface area contributed by atoms with Crippen LogP contribution in [0.15, 0.2) is 47.4 Å². The van der Waals surface area contributed by atoms with Gasteiger partial charge in [0.2, 0.25) is 15.9 Å². The number of sulfonamides is 1. The maximum absolute atomic E-state index is 13.0. The van der Waals surface area contributed by atoms with Crippen molar-refractivity contribution in [2.75, 3.05) is 11.9 Å². The molecule has 3 rings (SSSR count). The van der Waals surface area contributed by atoms with Gasteiger partial charge in [-0.2, -0.15) is 13.5 Å².